The summed E-state index contributed by atoms with van der Waals surface area (Å²) in [5.41, 5.74) is 0.601. The first-order valence-electron chi connectivity index (χ1n) is 11.2. The lowest BCUT2D eigenvalue weighted by atomic mass is 9.86. The molecule has 2 fully saturated rings. The molecule has 8 nitrogen and oxygen atoms in total. The molecular formula is C24H26FN3O5. The lowest BCUT2D eigenvalue weighted by Gasteiger charge is -2.38. The van der Waals surface area contributed by atoms with E-state index in [1.807, 2.05) is 0 Å². The van der Waals surface area contributed by atoms with Gasteiger partial charge in [0, 0.05) is 50.3 Å². The number of morpholine rings is 1. The molecule has 33 heavy (non-hydrogen) atoms. The van der Waals surface area contributed by atoms with E-state index in [0.717, 1.165) is 0 Å². The van der Waals surface area contributed by atoms with Gasteiger partial charge in [0.15, 0.2) is 0 Å². The number of aliphatic hydroxyl groups is 1. The van der Waals surface area contributed by atoms with Crippen LogP contribution in [0, 0.1) is 17.7 Å². The van der Waals surface area contributed by atoms with Gasteiger partial charge in [-0.25, -0.2) is 4.39 Å². The van der Waals surface area contributed by atoms with Crippen LogP contribution in [0.5, 0.6) is 0 Å². The van der Waals surface area contributed by atoms with Gasteiger partial charge in [0.1, 0.15) is 5.82 Å². The maximum absolute atomic E-state index is 14.4. The number of hydrogen-bond donors (Lipinski definition) is 1. The third kappa shape index (κ3) is 3.38. The van der Waals surface area contributed by atoms with Crippen LogP contribution in [0.2, 0.25) is 0 Å². The monoisotopic (exact) mass is 455 g/mol. The molecule has 0 saturated carbocycles. The standard InChI is InChI=1S/C24H26FN3O5/c1-14(30)28-20-12-27-19(7-6-16(23(27)31)15-4-2-3-5-18(15)25)22(28)21(17(20)13-29)24(32)26-8-10-33-11-9-26/h2-7,17,20-22,29H,8-13H2,1H3/t17-,20-,21+,22+/m1/s1. The number of amides is 2. The molecule has 3 aliphatic heterocycles. The second-order valence-corrected chi connectivity index (χ2v) is 8.82. The Morgan fingerprint density at radius 3 is 2.52 bits per heavy atom. The second kappa shape index (κ2) is 8.39. The smallest absolute Gasteiger partial charge is 0.258 e. The normalized spacial score (nSPS) is 26.3. The number of halogens is 1. The molecule has 4 atom stereocenters. The number of rotatable bonds is 3. The Morgan fingerprint density at radius 2 is 1.85 bits per heavy atom. The van der Waals surface area contributed by atoms with Crippen molar-refractivity contribution in [3.63, 3.8) is 0 Å². The van der Waals surface area contributed by atoms with Gasteiger partial charge in [0.25, 0.3) is 5.56 Å². The van der Waals surface area contributed by atoms with E-state index in [1.165, 1.54) is 13.0 Å². The van der Waals surface area contributed by atoms with Crippen molar-refractivity contribution in [2.24, 2.45) is 11.8 Å². The number of nitrogens with zero attached hydrogens (tertiary/aromatic N) is 3. The van der Waals surface area contributed by atoms with Crippen LogP contribution in [-0.4, -0.2) is 70.2 Å². The van der Waals surface area contributed by atoms with E-state index in [9.17, 15) is 23.9 Å². The summed E-state index contributed by atoms with van der Waals surface area (Å²) in [6, 6.07) is 8.19. The molecule has 9 heteroatoms. The Morgan fingerprint density at radius 1 is 1.12 bits per heavy atom. The van der Waals surface area contributed by atoms with Crippen LogP contribution >= 0.6 is 0 Å². The molecule has 2 saturated heterocycles. The van der Waals surface area contributed by atoms with Crippen molar-refractivity contribution in [1.82, 2.24) is 14.4 Å². The van der Waals surface area contributed by atoms with Gasteiger partial charge in [0.2, 0.25) is 11.8 Å². The Kier molecular flexibility index (Phi) is 5.54. The highest BCUT2D eigenvalue weighted by molar-refractivity contribution is 5.84. The zero-order valence-electron chi connectivity index (χ0n) is 18.3. The Hall–Kier alpha value is -3.04. The third-order valence-electron chi connectivity index (χ3n) is 7.18. The predicted octanol–water partition coefficient (Wildman–Crippen LogP) is 1.02. The molecule has 5 rings (SSSR count). The summed E-state index contributed by atoms with van der Waals surface area (Å²) in [5, 5.41) is 10.3. The maximum Gasteiger partial charge on any atom is 0.258 e. The van der Waals surface area contributed by atoms with Crippen LogP contribution in [0.15, 0.2) is 41.2 Å². The number of carbonyl (C=O) groups excluding carboxylic acids is 2. The van der Waals surface area contributed by atoms with Crippen LogP contribution in [-0.2, 0) is 20.9 Å². The summed E-state index contributed by atoms with van der Waals surface area (Å²) in [7, 11) is 0. The molecule has 1 aromatic carbocycles. The number of pyridine rings is 1. The Labute approximate surface area is 190 Å². The fraction of sp³-hybridized carbons (Fsp3) is 0.458. The van der Waals surface area contributed by atoms with Crippen molar-refractivity contribution in [3.8, 4) is 11.1 Å². The number of fused-ring (bicyclic) bond motifs is 4. The van der Waals surface area contributed by atoms with Gasteiger partial charge >= 0.3 is 0 Å². The average Bonchev–Trinajstić information content (AvgIpc) is 3.07. The van der Waals surface area contributed by atoms with E-state index in [0.29, 0.717) is 32.0 Å². The van der Waals surface area contributed by atoms with Gasteiger partial charge in [-0.2, -0.15) is 0 Å². The number of carbonyl (C=O) groups is 2. The number of hydrogen-bond acceptors (Lipinski definition) is 5. The van der Waals surface area contributed by atoms with Crippen LogP contribution in [0.25, 0.3) is 11.1 Å². The molecule has 2 amide bonds. The van der Waals surface area contributed by atoms with Gasteiger partial charge in [0.05, 0.1) is 36.8 Å². The minimum absolute atomic E-state index is 0.143. The predicted molar refractivity (Wildman–Crippen MR) is 117 cm³/mol. The van der Waals surface area contributed by atoms with Gasteiger partial charge in [-0.05, 0) is 18.2 Å². The summed E-state index contributed by atoms with van der Waals surface area (Å²) in [6.45, 7) is 3.08. The van der Waals surface area contributed by atoms with E-state index in [1.54, 1.807) is 44.7 Å². The lowest BCUT2D eigenvalue weighted by Crippen LogP contribution is -2.49. The lowest BCUT2D eigenvalue weighted by molar-refractivity contribution is -0.143. The van der Waals surface area contributed by atoms with Crippen LogP contribution in [0.3, 0.4) is 0 Å². The summed E-state index contributed by atoms with van der Waals surface area (Å²) in [5.74, 6) is -2.03. The minimum Gasteiger partial charge on any atom is -0.396 e. The van der Waals surface area contributed by atoms with Crippen molar-refractivity contribution in [2.75, 3.05) is 32.9 Å². The van der Waals surface area contributed by atoms with E-state index < -0.39 is 29.7 Å². The first kappa shape index (κ1) is 21.8. The first-order valence-corrected chi connectivity index (χ1v) is 11.2. The first-order chi connectivity index (χ1) is 15.9. The van der Waals surface area contributed by atoms with Crippen LogP contribution < -0.4 is 5.56 Å². The van der Waals surface area contributed by atoms with E-state index in [4.69, 9.17) is 4.74 Å². The third-order valence-corrected chi connectivity index (χ3v) is 7.18. The van der Waals surface area contributed by atoms with E-state index >= 15 is 0 Å². The molecule has 2 bridgehead atoms. The highest BCUT2D eigenvalue weighted by Gasteiger charge is 2.57. The van der Waals surface area contributed by atoms with Crippen molar-refractivity contribution in [3.05, 3.63) is 58.3 Å². The number of aromatic nitrogens is 1. The minimum atomic E-state index is -0.672. The largest absolute Gasteiger partial charge is 0.396 e. The van der Waals surface area contributed by atoms with Crippen molar-refractivity contribution < 1.29 is 23.8 Å². The van der Waals surface area contributed by atoms with E-state index in [2.05, 4.69) is 0 Å². The zero-order valence-corrected chi connectivity index (χ0v) is 18.3. The second-order valence-electron chi connectivity index (χ2n) is 8.82. The number of benzene rings is 1. The van der Waals surface area contributed by atoms with Gasteiger partial charge in [-0.15, -0.1) is 0 Å². The van der Waals surface area contributed by atoms with E-state index in [-0.39, 0.29) is 41.7 Å². The summed E-state index contributed by atoms with van der Waals surface area (Å²) < 4.78 is 21.3. The van der Waals surface area contributed by atoms with Crippen molar-refractivity contribution in [2.45, 2.75) is 25.6 Å². The topological polar surface area (TPSA) is 92.1 Å². The summed E-state index contributed by atoms with van der Waals surface area (Å²) in [4.78, 5) is 43.1. The van der Waals surface area contributed by atoms with Crippen LogP contribution in [0.4, 0.5) is 4.39 Å². The van der Waals surface area contributed by atoms with Crippen LogP contribution in [0.1, 0.15) is 18.7 Å². The number of aliphatic hydroxyl groups excluding tert-OH is 1. The SMILES string of the molecule is CC(=O)N1[C@@H]2Cn3c(ccc(-c4ccccc4F)c3=O)[C@H]1[C@@H](C(=O)N1CCOCC1)[C@@H]2CO. The molecule has 3 aliphatic rings. The van der Waals surface area contributed by atoms with Crippen molar-refractivity contribution >= 4 is 11.8 Å². The molecule has 1 aromatic heterocycles. The quantitative estimate of drug-likeness (QED) is 0.746. The number of ether oxygens (including phenoxy) is 1. The van der Waals surface area contributed by atoms with Gasteiger partial charge in [-0.1, -0.05) is 18.2 Å². The maximum atomic E-state index is 14.4. The highest BCUT2D eigenvalue weighted by atomic mass is 19.1. The molecule has 4 heterocycles. The molecule has 0 radical (unpaired) electrons. The molecule has 0 aliphatic carbocycles. The molecule has 0 spiro atoms. The molecular weight excluding hydrogens is 429 g/mol. The molecule has 174 valence electrons. The molecule has 2 aromatic rings. The van der Waals surface area contributed by atoms with Gasteiger partial charge in [-0.3, -0.25) is 14.4 Å². The van der Waals surface area contributed by atoms with Gasteiger partial charge < -0.3 is 24.2 Å². The average molecular weight is 455 g/mol. The van der Waals surface area contributed by atoms with Crippen molar-refractivity contribution in [1.29, 1.82) is 0 Å². The Bertz CT molecular complexity index is 1160. The zero-order chi connectivity index (χ0) is 23.3. The highest BCUT2D eigenvalue weighted by Crippen LogP contribution is 2.49. The molecule has 1 N–H and O–H groups in total. The fourth-order valence-corrected chi connectivity index (χ4v) is 5.70. The summed E-state index contributed by atoms with van der Waals surface area (Å²) in [6.07, 6.45) is 0. The molecule has 0 unspecified atom stereocenters. The fourth-order valence-electron chi connectivity index (χ4n) is 5.70. The summed E-state index contributed by atoms with van der Waals surface area (Å²) >= 11 is 0. The Balaban J connectivity index is 1.63.